The Labute approximate surface area is 562 Å². The number of carbonyl (C=O) groups excluding carboxylic acids is 7. The van der Waals surface area contributed by atoms with Crippen molar-refractivity contribution in [2.75, 3.05) is 32.8 Å². The van der Waals surface area contributed by atoms with Gasteiger partial charge in [-0.05, 0) is 112 Å². The normalized spacial score (nSPS) is 24.0. The molecular weight excluding hydrogens is 1270 g/mol. The second kappa shape index (κ2) is 36.9. The van der Waals surface area contributed by atoms with Gasteiger partial charge in [0.15, 0.2) is 11.5 Å². The molecule has 3 fully saturated rings. The number of aromatic hydroxyl groups is 1. The fourth-order valence-electron chi connectivity index (χ4n) is 11.8. The van der Waals surface area contributed by atoms with Gasteiger partial charge < -0.3 is 81.0 Å². The van der Waals surface area contributed by atoms with E-state index in [1.165, 1.54) is 25.1 Å². The van der Waals surface area contributed by atoms with E-state index in [1.54, 1.807) is 18.2 Å². The van der Waals surface area contributed by atoms with Gasteiger partial charge in [0.1, 0.15) is 42.0 Å². The first-order valence-electron chi connectivity index (χ1n) is 32.1. The molecular formula is C67H91N9O19S. The minimum atomic E-state index is -2.15. The Bertz CT molecular complexity index is 3260. The molecule has 3 heterocycles. The van der Waals surface area contributed by atoms with Crippen LogP contribution in [0.2, 0.25) is 0 Å². The first-order chi connectivity index (χ1) is 45.7. The summed E-state index contributed by atoms with van der Waals surface area (Å²) in [6.07, 6.45) is -9.89. The third-order valence-corrected chi connectivity index (χ3v) is 17.3. The van der Waals surface area contributed by atoms with Crippen LogP contribution in [0.5, 0.6) is 17.2 Å². The lowest BCUT2D eigenvalue weighted by Gasteiger charge is -2.33. The maximum atomic E-state index is 14.6. The zero-order valence-electron chi connectivity index (χ0n) is 55.1. The Kier molecular flexibility index (Phi) is 29.6. The molecule has 13 N–H and O–H groups in total. The highest BCUT2D eigenvalue weighted by molar-refractivity contribution is 7.90. The van der Waals surface area contributed by atoms with Gasteiger partial charge in [0.25, 0.3) is 18.2 Å². The van der Waals surface area contributed by atoms with Crippen LogP contribution in [0, 0.1) is 17.2 Å². The molecule has 7 amide bonds. The Morgan fingerprint density at radius 1 is 0.719 bits per heavy atom. The van der Waals surface area contributed by atoms with E-state index < -0.39 is 165 Å². The van der Waals surface area contributed by atoms with Crippen LogP contribution >= 0.6 is 12.3 Å². The van der Waals surface area contributed by atoms with Crippen molar-refractivity contribution >= 4 is 53.7 Å². The van der Waals surface area contributed by atoms with Gasteiger partial charge in [-0.15, -0.1) is 0 Å². The van der Waals surface area contributed by atoms with Crippen LogP contribution in [0.4, 0.5) is 0 Å². The molecule has 13 atom stereocenters. The standard InChI is InChI=1S/C59H72N8O19S.C8H19N/c1-4-5-6-23-83-41-18-16-37(17-19-41)35-10-8-34(9-11-35)36-12-14-38(15-13-36)53(75)62-42-26-39(69)28-61-57(79)51-52(74)31(2)29-67(51)59(81)50(45(72)21-22-60)65-56(78)49(46(73)24-33-7-20-44(71)47(25-33)84-87-86-85-82)64-55(77)43-27-40(70)30-66(43)58(80)48(32(3)68)63-54(42)76;1-6-9(7(2)3)8(4)5/h7-20,25,31-32,39-40,42-43,45-46,48-52,68-74,82H,4-6,21,23-24,26-30H2,1-3H3,(H,61,79)(H,62,75)(H,63,76)(H,64,77)(H,65,78);7-8H,6H2,1-5H3/t31?,32?,39-,40?,42-,43?,45+,46+,48?,49?,50-,51?,52-;/m0./s1. The van der Waals surface area contributed by atoms with E-state index in [9.17, 15) is 74.6 Å². The number of ether oxygens (including phenoxy) is 1. The number of benzene rings is 4. The second-order valence-electron chi connectivity index (χ2n) is 24.7. The van der Waals surface area contributed by atoms with Gasteiger partial charge in [0.2, 0.25) is 35.4 Å². The van der Waals surface area contributed by atoms with Crippen LogP contribution < -0.4 is 35.5 Å². The van der Waals surface area contributed by atoms with Gasteiger partial charge in [-0.1, -0.05) is 97.6 Å². The molecule has 3 aliphatic rings. The van der Waals surface area contributed by atoms with Crippen molar-refractivity contribution in [2.24, 2.45) is 5.92 Å². The minimum Gasteiger partial charge on any atom is -0.504 e. The lowest BCUT2D eigenvalue weighted by molar-refractivity contribution is -0.433. The van der Waals surface area contributed by atoms with Crippen LogP contribution in [0.1, 0.15) is 110 Å². The number of phenols is 1. The monoisotopic (exact) mass is 1360 g/mol. The molecule has 28 nitrogen and oxygen atoms in total. The molecule has 3 saturated heterocycles. The van der Waals surface area contributed by atoms with Crippen LogP contribution in [0.15, 0.2) is 91.0 Å². The summed E-state index contributed by atoms with van der Waals surface area (Å²) in [6.45, 7) is 16.1. The summed E-state index contributed by atoms with van der Waals surface area (Å²) >= 11 is 0.0690. The van der Waals surface area contributed by atoms with E-state index in [0.29, 0.717) is 18.7 Å². The summed E-state index contributed by atoms with van der Waals surface area (Å²) in [5.41, 5.74) is 3.64. The lowest BCUT2D eigenvalue weighted by atomic mass is 9.98. The van der Waals surface area contributed by atoms with Crippen molar-refractivity contribution in [1.82, 2.24) is 41.3 Å². The van der Waals surface area contributed by atoms with E-state index in [4.69, 9.17) is 14.2 Å². The predicted molar refractivity (Wildman–Crippen MR) is 351 cm³/mol. The number of aliphatic hydroxyl groups excluding tert-OH is 6. The van der Waals surface area contributed by atoms with Gasteiger partial charge in [0, 0.05) is 62.5 Å². The maximum absolute atomic E-state index is 14.6. The molecule has 3 aliphatic heterocycles. The molecule has 7 rings (SSSR count). The van der Waals surface area contributed by atoms with Gasteiger partial charge >= 0.3 is 0 Å². The highest BCUT2D eigenvalue weighted by Gasteiger charge is 2.50. The van der Waals surface area contributed by atoms with Crippen molar-refractivity contribution in [3.8, 4) is 45.6 Å². The Hall–Kier alpha value is -7.99. The van der Waals surface area contributed by atoms with Gasteiger partial charge in [0.05, 0.1) is 55.7 Å². The molecule has 4 aromatic rings. The Balaban J connectivity index is 0.00000150. The second-order valence-corrected chi connectivity index (χ2v) is 25.1. The SMILES string of the molecule is CCCCCOc1ccc(-c2ccc(-c3ccc(C(=O)N[C@H]4C[C@H](O)CNC(=O)C5[C@@H](O)C(C)CN5C(=O)[C@H]([C@H](O)CC#N)NC(=O)C([C@H](O)Cc5ccc(O)c(OSOOO)c5)NC(=O)C5CC(O)CN5C(=O)C(C(C)O)NC4=O)cc3)cc2)cc1.CCN(C(C)C)C(C)C. The Morgan fingerprint density at radius 3 is 1.86 bits per heavy atom. The summed E-state index contributed by atoms with van der Waals surface area (Å²) in [6, 6.07) is 17.1. The fourth-order valence-corrected chi connectivity index (χ4v) is 12.1. The highest BCUT2D eigenvalue weighted by Crippen LogP contribution is 2.32. The first-order valence-corrected chi connectivity index (χ1v) is 32.8. The summed E-state index contributed by atoms with van der Waals surface area (Å²) in [4.78, 5) is 105. The summed E-state index contributed by atoms with van der Waals surface area (Å²) in [5, 5.41) is 112. The number of amides is 7. The number of hydrogen-bond acceptors (Lipinski definition) is 22. The number of carbonyl (C=O) groups is 7. The van der Waals surface area contributed by atoms with Crippen LogP contribution in [-0.4, -0.2) is 215 Å². The number of nitriles is 1. The van der Waals surface area contributed by atoms with Gasteiger partial charge in [-0.2, -0.15) is 5.26 Å². The smallest absolute Gasteiger partial charge is 0.261 e. The number of β-amino-alcohol motifs (C(OH)–C–C–N with tert-alkyl or cyclic N) is 1. The van der Waals surface area contributed by atoms with E-state index in [1.807, 2.05) is 48.5 Å². The van der Waals surface area contributed by atoms with E-state index in [-0.39, 0.29) is 35.7 Å². The molecule has 0 saturated carbocycles. The van der Waals surface area contributed by atoms with Crippen LogP contribution in [0.3, 0.4) is 0 Å². The van der Waals surface area contributed by atoms with Crippen molar-refractivity contribution in [2.45, 2.75) is 185 Å². The first kappa shape index (κ1) is 77.0. The number of rotatable bonds is 22. The quantitative estimate of drug-likeness (QED) is 0.0233. The zero-order valence-corrected chi connectivity index (χ0v) is 55.9. The van der Waals surface area contributed by atoms with E-state index in [2.05, 4.69) is 82.4 Å². The maximum Gasteiger partial charge on any atom is 0.261 e. The number of aliphatic hydroxyl groups is 6. The number of nitrogens with one attached hydrogen (secondary N) is 5. The largest absolute Gasteiger partial charge is 0.504 e. The highest BCUT2D eigenvalue weighted by atomic mass is 32.2. The molecule has 0 aromatic heterocycles. The number of hydrogen-bond donors (Lipinski definition) is 13. The number of phenolic OH excluding ortho intramolecular Hbond substituents is 1. The van der Waals surface area contributed by atoms with Crippen molar-refractivity contribution in [3.05, 3.63) is 102 Å². The average Bonchev–Trinajstić information content (AvgIpc) is 1.61. The summed E-state index contributed by atoms with van der Waals surface area (Å²) in [7, 11) is 0. The average molecular weight is 1360 g/mol. The summed E-state index contributed by atoms with van der Waals surface area (Å²) < 4.78 is 15.2. The molecule has 7 unspecified atom stereocenters. The fraction of sp³-hybridized carbons (Fsp3) is 0.522. The third-order valence-electron chi connectivity index (χ3n) is 17.0. The molecule has 524 valence electrons. The molecule has 29 heteroatoms. The number of nitrogens with zero attached hydrogens (tertiary/aromatic N) is 4. The molecule has 0 radical (unpaired) electrons. The summed E-state index contributed by atoms with van der Waals surface area (Å²) in [5.74, 6) is -8.80. The lowest BCUT2D eigenvalue weighted by Crippen LogP contribution is -2.64. The van der Waals surface area contributed by atoms with E-state index in [0.717, 1.165) is 82.7 Å². The molecule has 0 spiro atoms. The Morgan fingerprint density at radius 2 is 1.30 bits per heavy atom. The molecule has 0 bridgehead atoms. The van der Waals surface area contributed by atoms with Crippen molar-refractivity contribution in [3.63, 3.8) is 0 Å². The van der Waals surface area contributed by atoms with Gasteiger partial charge in [-0.3, -0.25) is 38.5 Å². The predicted octanol–water partition coefficient (Wildman–Crippen LogP) is 2.65. The van der Waals surface area contributed by atoms with Gasteiger partial charge in [-0.25, -0.2) is 5.26 Å². The van der Waals surface area contributed by atoms with Crippen LogP contribution in [-0.2, 0) is 44.6 Å². The molecule has 96 heavy (non-hydrogen) atoms. The van der Waals surface area contributed by atoms with Crippen molar-refractivity contribution in [1.29, 1.82) is 5.26 Å². The molecule has 0 aliphatic carbocycles. The topological polar surface area (TPSA) is 412 Å². The van der Waals surface area contributed by atoms with Crippen LogP contribution in [0.25, 0.3) is 22.3 Å². The number of unbranched alkanes of at least 4 members (excludes halogenated alkanes) is 2. The zero-order chi connectivity index (χ0) is 70.5. The molecule has 4 aromatic carbocycles. The third kappa shape index (κ3) is 21.0. The van der Waals surface area contributed by atoms with Crippen molar-refractivity contribution < 1.29 is 92.9 Å². The van der Waals surface area contributed by atoms with E-state index >= 15 is 0 Å². The minimum absolute atomic E-state index is 0.0536. The number of fused-ring (bicyclic) bond motifs is 2.